The Morgan fingerprint density at radius 1 is 1.31 bits per heavy atom. The summed E-state index contributed by atoms with van der Waals surface area (Å²) in [5.74, 6) is -0.147. The molecule has 2 rings (SSSR count). The van der Waals surface area contributed by atoms with E-state index in [1.165, 1.54) is 18.9 Å². The van der Waals surface area contributed by atoms with Gasteiger partial charge in [0.15, 0.2) is 0 Å². The minimum atomic E-state index is -0.147. The summed E-state index contributed by atoms with van der Waals surface area (Å²) in [5, 5.41) is 6.63. The summed E-state index contributed by atoms with van der Waals surface area (Å²) in [4.78, 5) is 0. The number of nitrogens with one attached hydrogen (secondary N) is 2. The molecule has 0 heterocycles. The molecule has 1 aromatic rings. The Morgan fingerprint density at radius 2 is 2.12 bits per heavy atom. The first kappa shape index (κ1) is 12.0. The average molecular weight is 287 g/mol. The quantitative estimate of drug-likeness (QED) is 0.785. The molecule has 0 aliphatic heterocycles. The first-order valence-corrected chi connectivity index (χ1v) is 6.43. The molecule has 0 amide bonds. The molecule has 0 atom stereocenters. The van der Waals surface area contributed by atoms with E-state index in [0.29, 0.717) is 12.1 Å². The molecule has 0 unspecified atom stereocenters. The Hall–Kier alpha value is -0.450. The maximum absolute atomic E-state index is 13.3. The first-order chi connectivity index (χ1) is 7.75. The van der Waals surface area contributed by atoms with Gasteiger partial charge in [0.25, 0.3) is 0 Å². The minimum absolute atomic E-state index is 0.147. The van der Waals surface area contributed by atoms with E-state index >= 15 is 0 Å². The van der Waals surface area contributed by atoms with E-state index in [1.54, 1.807) is 6.07 Å². The maximum Gasteiger partial charge on any atom is 0.127 e. The van der Waals surface area contributed by atoms with E-state index in [-0.39, 0.29) is 5.82 Å². The summed E-state index contributed by atoms with van der Waals surface area (Å²) in [6, 6.07) is 5.76. The lowest BCUT2D eigenvalue weighted by molar-refractivity contribution is 0.572. The van der Waals surface area contributed by atoms with Crippen molar-refractivity contribution in [1.29, 1.82) is 0 Å². The average Bonchev–Trinajstić information content (AvgIpc) is 3.06. The van der Waals surface area contributed by atoms with Crippen LogP contribution < -0.4 is 10.6 Å². The molecule has 1 aromatic carbocycles. The van der Waals surface area contributed by atoms with Gasteiger partial charge in [0.2, 0.25) is 0 Å². The van der Waals surface area contributed by atoms with E-state index in [9.17, 15) is 4.39 Å². The van der Waals surface area contributed by atoms with Crippen molar-refractivity contribution in [3.8, 4) is 0 Å². The molecular weight excluding hydrogens is 271 g/mol. The normalized spacial score (nSPS) is 15.4. The van der Waals surface area contributed by atoms with Crippen molar-refractivity contribution in [3.05, 3.63) is 34.1 Å². The van der Waals surface area contributed by atoms with Crippen LogP contribution in [0.5, 0.6) is 0 Å². The van der Waals surface area contributed by atoms with Crippen molar-refractivity contribution in [1.82, 2.24) is 10.6 Å². The van der Waals surface area contributed by atoms with Crippen molar-refractivity contribution in [3.63, 3.8) is 0 Å². The number of halogens is 2. The van der Waals surface area contributed by atoms with Gasteiger partial charge < -0.3 is 10.6 Å². The number of hydrogen-bond donors (Lipinski definition) is 2. The third-order valence-electron chi connectivity index (χ3n) is 2.64. The van der Waals surface area contributed by atoms with Gasteiger partial charge in [0.1, 0.15) is 5.82 Å². The molecule has 4 heteroatoms. The topological polar surface area (TPSA) is 24.1 Å². The van der Waals surface area contributed by atoms with E-state index in [1.807, 2.05) is 6.07 Å². The lowest BCUT2D eigenvalue weighted by atomic mass is 10.2. The first-order valence-electron chi connectivity index (χ1n) is 5.64. The fraction of sp³-hybridized carbons (Fsp3) is 0.500. The number of rotatable bonds is 6. The summed E-state index contributed by atoms with van der Waals surface area (Å²) in [5.41, 5.74) is 0.709. The third-order valence-corrected chi connectivity index (χ3v) is 3.13. The summed E-state index contributed by atoms with van der Waals surface area (Å²) >= 11 is 3.34. The van der Waals surface area contributed by atoms with Gasteiger partial charge in [-0.2, -0.15) is 0 Å². The van der Waals surface area contributed by atoms with Crippen molar-refractivity contribution in [2.75, 3.05) is 13.1 Å². The van der Waals surface area contributed by atoms with Gasteiger partial charge in [-0.15, -0.1) is 0 Å². The van der Waals surface area contributed by atoms with Crippen LogP contribution >= 0.6 is 15.9 Å². The summed E-state index contributed by atoms with van der Waals surface area (Å²) in [6.45, 7) is 2.42. The molecule has 16 heavy (non-hydrogen) atoms. The van der Waals surface area contributed by atoms with Crippen LogP contribution in [0.2, 0.25) is 0 Å². The standard InChI is InChI=1S/C12H16BrFN2/c13-10-1-4-12(14)9(7-10)8-15-5-6-16-11-2-3-11/h1,4,7,11,15-16H,2-3,5-6,8H2. The molecule has 0 radical (unpaired) electrons. The third kappa shape index (κ3) is 3.85. The van der Waals surface area contributed by atoms with Crippen LogP contribution in [0.3, 0.4) is 0 Å². The second-order valence-electron chi connectivity index (χ2n) is 4.14. The zero-order chi connectivity index (χ0) is 11.4. The highest BCUT2D eigenvalue weighted by atomic mass is 79.9. The van der Waals surface area contributed by atoms with Gasteiger partial charge in [0.05, 0.1) is 0 Å². The number of hydrogen-bond acceptors (Lipinski definition) is 2. The molecule has 1 saturated carbocycles. The van der Waals surface area contributed by atoms with E-state index in [0.717, 1.165) is 23.6 Å². The highest BCUT2D eigenvalue weighted by Crippen LogP contribution is 2.18. The maximum atomic E-state index is 13.3. The molecule has 2 N–H and O–H groups in total. The van der Waals surface area contributed by atoms with Gasteiger partial charge in [0, 0.05) is 35.7 Å². The molecule has 1 aliphatic carbocycles. The number of benzene rings is 1. The van der Waals surface area contributed by atoms with Gasteiger partial charge in [-0.3, -0.25) is 0 Å². The summed E-state index contributed by atoms with van der Waals surface area (Å²) < 4.78 is 14.3. The molecule has 0 aromatic heterocycles. The van der Waals surface area contributed by atoms with Crippen LogP contribution in [0.4, 0.5) is 4.39 Å². The van der Waals surface area contributed by atoms with Gasteiger partial charge in [-0.25, -0.2) is 4.39 Å². The minimum Gasteiger partial charge on any atom is -0.313 e. The SMILES string of the molecule is Fc1ccc(Br)cc1CNCCNC1CC1. The zero-order valence-corrected chi connectivity index (χ0v) is 10.7. The Morgan fingerprint density at radius 3 is 2.88 bits per heavy atom. The zero-order valence-electron chi connectivity index (χ0n) is 9.10. The van der Waals surface area contributed by atoms with E-state index in [2.05, 4.69) is 26.6 Å². The van der Waals surface area contributed by atoms with Gasteiger partial charge in [-0.1, -0.05) is 15.9 Å². The van der Waals surface area contributed by atoms with E-state index in [4.69, 9.17) is 0 Å². The van der Waals surface area contributed by atoms with Crippen LogP contribution in [-0.2, 0) is 6.54 Å². The van der Waals surface area contributed by atoms with Crippen molar-refractivity contribution in [2.24, 2.45) is 0 Å². The van der Waals surface area contributed by atoms with Crippen LogP contribution in [0, 0.1) is 5.82 Å². The van der Waals surface area contributed by atoms with Crippen molar-refractivity contribution >= 4 is 15.9 Å². The molecule has 88 valence electrons. The Kier molecular flexibility index (Phi) is 4.32. The van der Waals surface area contributed by atoms with Crippen molar-refractivity contribution < 1.29 is 4.39 Å². The lowest BCUT2D eigenvalue weighted by Crippen LogP contribution is -2.28. The molecular formula is C12H16BrFN2. The smallest absolute Gasteiger partial charge is 0.127 e. The predicted octanol–water partition coefficient (Wildman–Crippen LogP) is 2.43. The Bertz CT molecular complexity index is 353. The highest BCUT2D eigenvalue weighted by molar-refractivity contribution is 9.10. The second kappa shape index (κ2) is 5.75. The summed E-state index contributed by atoms with van der Waals surface area (Å²) in [6.07, 6.45) is 2.61. The van der Waals surface area contributed by atoms with E-state index < -0.39 is 0 Å². The fourth-order valence-corrected chi connectivity index (χ4v) is 1.96. The van der Waals surface area contributed by atoms with Crippen molar-refractivity contribution in [2.45, 2.75) is 25.4 Å². The molecule has 1 fully saturated rings. The summed E-state index contributed by atoms with van der Waals surface area (Å²) in [7, 11) is 0. The van der Waals surface area contributed by atoms with Gasteiger partial charge in [-0.05, 0) is 31.0 Å². The Labute approximate surface area is 104 Å². The monoisotopic (exact) mass is 286 g/mol. The second-order valence-corrected chi connectivity index (χ2v) is 5.06. The molecule has 1 aliphatic rings. The predicted molar refractivity (Wildman–Crippen MR) is 66.8 cm³/mol. The van der Waals surface area contributed by atoms with Crippen LogP contribution in [0.15, 0.2) is 22.7 Å². The van der Waals surface area contributed by atoms with Crippen LogP contribution in [0.1, 0.15) is 18.4 Å². The van der Waals surface area contributed by atoms with Crippen LogP contribution in [-0.4, -0.2) is 19.1 Å². The van der Waals surface area contributed by atoms with Gasteiger partial charge >= 0.3 is 0 Å². The molecule has 0 spiro atoms. The fourth-order valence-electron chi connectivity index (χ4n) is 1.55. The highest BCUT2D eigenvalue weighted by Gasteiger charge is 2.19. The molecule has 2 nitrogen and oxygen atoms in total. The lowest BCUT2D eigenvalue weighted by Gasteiger charge is -2.07. The van der Waals surface area contributed by atoms with Crippen LogP contribution in [0.25, 0.3) is 0 Å². The largest absolute Gasteiger partial charge is 0.313 e. The molecule has 0 saturated heterocycles. The Balaban J connectivity index is 1.69. The molecule has 0 bridgehead atoms.